The number of hydrogen-bond donors (Lipinski definition) is 4. The maximum atomic E-state index is 13.0. The third kappa shape index (κ3) is 5.56. The number of likely N-dealkylation sites (tertiary alicyclic amines) is 1. The average molecular weight is 566 g/mol. The van der Waals surface area contributed by atoms with Crippen LogP contribution in [0.5, 0.6) is 5.75 Å². The summed E-state index contributed by atoms with van der Waals surface area (Å²) in [5.74, 6) is -4.21. The number of fused-ring (bicyclic) bond motifs is 1. The molecule has 0 saturated carbocycles. The van der Waals surface area contributed by atoms with E-state index in [1.54, 1.807) is 18.2 Å². The molecule has 1 aliphatic carbocycles. The van der Waals surface area contributed by atoms with Gasteiger partial charge in [-0.15, -0.1) is 0 Å². The Morgan fingerprint density at radius 2 is 1.97 bits per heavy atom. The summed E-state index contributed by atoms with van der Waals surface area (Å²) in [4.78, 5) is 38.3. The van der Waals surface area contributed by atoms with Crippen LogP contribution in [-0.2, 0) is 14.3 Å². The number of aromatic hydroxyl groups is 1. The fraction of sp³-hybridized carbons (Fsp3) is 0.500. The molecular formula is C26H32BrNO8. The number of aliphatic hydroxyl groups excluding tert-OH is 3. The molecule has 3 rings (SSSR count). The van der Waals surface area contributed by atoms with Crippen molar-refractivity contribution in [1.82, 2.24) is 4.90 Å². The van der Waals surface area contributed by atoms with Gasteiger partial charge in [0.1, 0.15) is 5.75 Å². The number of phenols is 1. The molecule has 1 aromatic carbocycles. The summed E-state index contributed by atoms with van der Waals surface area (Å²) < 4.78 is 5.39. The van der Waals surface area contributed by atoms with Crippen molar-refractivity contribution in [3.8, 4) is 5.75 Å². The Hall–Kier alpha value is -2.53. The number of allylic oxidation sites excluding steroid dienone is 1. The van der Waals surface area contributed by atoms with Gasteiger partial charge >= 0.3 is 6.09 Å². The zero-order chi connectivity index (χ0) is 26.6. The summed E-state index contributed by atoms with van der Waals surface area (Å²) in [6.45, 7) is 1.04. The maximum absolute atomic E-state index is 13.0. The summed E-state index contributed by atoms with van der Waals surface area (Å²) >= 11 is 3.40. The second kappa shape index (κ2) is 12.1. The van der Waals surface area contributed by atoms with Gasteiger partial charge in [0.25, 0.3) is 0 Å². The van der Waals surface area contributed by atoms with Gasteiger partial charge in [0.15, 0.2) is 0 Å². The molecule has 2 aliphatic rings. The Bertz CT molecular complexity index is 1080. The third-order valence-corrected chi connectivity index (χ3v) is 7.44. The molecule has 1 fully saturated rings. The number of halogens is 1. The quantitative estimate of drug-likeness (QED) is 0.264. The van der Waals surface area contributed by atoms with Gasteiger partial charge in [-0.3, -0.25) is 9.59 Å². The highest BCUT2D eigenvalue weighted by atomic mass is 79.9. The van der Waals surface area contributed by atoms with Crippen LogP contribution in [0.4, 0.5) is 4.79 Å². The number of carbonyl (C=O) groups is 3. The molecule has 1 heterocycles. The van der Waals surface area contributed by atoms with E-state index in [4.69, 9.17) is 0 Å². The molecule has 36 heavy (non-hydrogen) atoms. The van der Waals surface area contributed by atoms with Gasteiger partial charge in [-0.05, 0) is 55.0 Å². The summed E-state index contributed by atoms with van der Waals surface area (Å²) in [5.41, 5.74) is 2.37. The number of ether oxygens (including phenoxy) is 1. The van der Waals surface area contributed by atoms with Crippen LogP contribution in [0.25, 0.3) is 6.08 Å². The number of rotatable bonds is 9. The van der Waals surface area contributed by atoms with E-state index in [1.807, 2.05) is 13.0 Å². The zero-order valence-electron chi connectivity index (χ0n) is 20.3. The first-order valence-corrected chi connectivity index (χ1v) is 12.7. The van der Waals surface area contributed by atoms with Gasteiger partial charge < -0.3 is 25.2 Å². The van der Waals surface area contributed by atoms with E-state index in [2.05, 4.69) is 20.7 Å². The van der Waals surface area contributed by atoms with E-state index in [0.717, 1.165) is 30.0 Å². The molecule has 9 nitrogen and oxygen atoms in total. The topological polar surface area (TPSA) is 145 Å². The van der Waals surface area contributed by atoms with Crippen LogP contribution in [0.3, 0.4) is 0 Å². The zero-order valence-corrected chi connectivity index (χ0v) is 21.9. The molecule has 0 radical (unpaired) electrons. The maximum Gasteiger partial charge on any atom is 0.423 e. The number of methoxy groups -OCH3 is 1. The second-order valence-electron chi connectivity index (χ2n) is 9.13. The fourth-order valence-electron chi connectivity index (χ4n) is 5.31. The molecule has 0 unspecified atom stereocenters. The number of benzene rings is 1. The summed E-state index contributed by atoms with van der Waals surface area (Å²) in [6, 6.07) is 5.13. The third-order valence-electron chi connectivity index (χ3n) is 6.95. The van der Waals surface area contributed by atoms with Gasteiger partial charge in [-0.2, -0.15) is 4.90 Å². The van der Waals surface area contributed by atoms with Crippen LogP contribution in [0.2, 0.25) is 0 Å². The smallest absolute Gasteiger partial charge is 0.423 e. The molecule has 1 saturated heterocycles. The molecule has 0 aromatic heterocycles. The van der Waals surface area contributed by atoms with Crippen LogP contribution in [-0.4, -0.2) is 69.7 Å². The second-order valence-corrected chi connectivity index (χ2v) is 10.1. The normalized spacial score (nSPS) is 23.2. The Morgan fingerprint density at radius 3 is 2.58 bits per heavy atom. The predicted molar refractivity (Wildman–Crippen MR) is 134 cm³/mol. The van der Waals surface area contributed by atoms with Gasteiger partial charge in [-0.1, -0.05) is 40.9 Å². The number of aliphatic hydroxyl groups is 3. The molecule has 0 spiro atoms. The Morgan fingerprint density at radius 1 is 1.25 bits per heavy atom. The highest BCUT2D eigenvalue weighted by Crippen LogP contribution is 2.46. The van der Waals surface area contributed by atoms with Crippen molar-refractivity contribution in [3.63, 3.8) is 0 Å². The van der Waals surface area contributed by atoms with Crippen molar-refractivity contribution >= 4 is 39.9 Å². The summed E-state index contributed by atoms with van der Waals surface area (Å²) in [6.07, 6.45) is 2.01. The minimum atomic E-state index is -1.09. The molecule has 1 aliphatic heterocycles. The highest BCUT2D eigenvalue weighted by molar-refractivity contribution is 9.10. The highest BCUT2D eigenvalue weighted by Gasteiger charge is 2.57. The van der Waals surface area contributed by atoms with E-state index in [1.165, 1.54) is 0 Å². The monoisotopic (exact) mass is 565 g/mol. The van der Waals surface area contributed by atoms with Gasteiger partial charge in [0.2, 0.25) is 11.8 Å². The first kappa shape index (κ1) is 28.0. The van der Waals surface area contributed by atoms with E-state index in [-0.39, 0.29) is 18.6 Å². The molecule has 4 N–H and O–H groups in total. The van der Waals surface area contributed by atoms with Crippen molar-refractivity contribution in [2.75, 3.05) is 20.3 Å². The molecule has 3 amide bonds. The van der Waals surface area contributed by atoms with E-state index in [0.29, 0.717) is 28.0 Å². The fourth-order valence-corrected chi connectivity index (χ4v) is 5.68. The van der Waals surface area contributed by atoms with Gasteiger partial charge in [-0.25, -0.2) is 4.79 Å². The minimum Gasteiger partial charge on any atom is -0.507 e. The lowest BCUT2D eigenvalue weighted by atomic mass is 9.68. The first-order valence-electron chi connectivity index (χ1n) is 11.9. The van der Waals surface area contributed by atoms with Crippen molar-refractivity contribution in [2.24, 2.45) is 17.8 Å². The molecule has 10 heteroatoms. The van der Waals surface area contributed by atoms with Crippen LogP contribution >= 0.6 is 15.9 Å². The predicted octanol–water partition coefficient (Wildman–Crippen LogP) is 3.15. The summed E-state index contributed by atoms with van der Waals surface area (Å²) in [7, 11) is 1.07. The van der Waals surface area contributed by atoms with Crippen molar-refractivity contribution in [2.45, 2.75) is 45.1 Å². The molecular weight excluding hydrogens is 534 g/mol. The van der Waals surface area contributed by atoms with Crippen LogP contribution in [0.15, 0.2) is 39.4 Å². The SMILES string of the molecule is CCC/C(=C\c1cc(Br)ccc1O)CC[C@@H](O)C1=C(CO)C[C@H]2C(=O)N(C(=O)OC)C(=O)[C@H]2[C@H]1CO. The number of nitrogens with zero attached hydrogens (tertiary/aromatic N) is 1. The van der Waals surface area contributed by atoms with E-state index in [9.17, 15) is 34.8 Å². The van der Waals surface area contributed by atoms with E-state index >= 15 is 0 Å². The van der Waals surface area contributed by atoms with Gasteiger partial charge in [0.05, 0.1) is 38.3 Å². The Kier molecular flexibility index (Phi) is 9.46. The standard InChI is InChI=1S/C26H32BrNO8/c1-3-4-14(9-15-10-17(27)6-8-20(15)31)5-7-21(32)22-16(12-29)11-18-23(19(22)13-30)25(34)28(24(18)33)26(35)36-2/h6,8-10,18-19,21,23,29-32H,3-5,7,11-13H2,1-2H3/b14-9+/t18-,19+,21-,23-/m1/s1. The first-order chi connectivity index (χ1) is 17.2. The van der Waals surface area contributed by atoms with Crippen molar-refractivity contribution in [3.05, 3.63) is 45.0 Å². The lowest BCUT2D eigenvalue weighted by Crippen LogP contribution is -2.40. The average Bonchev–Trinajstić information content (AvgIpc) is 3.12. The molecule has 1 aromatic rings. The Labute approximate surface area is 218 Å². The van der Waals surface area contributed by atoms with Crippen LogP contribution < -0.4 is 0 Å². The largest absolute Gasteiger partial charge is 0.507 e. The van der Waals surface area contributed by atoms with Crippen molar-refractivity contribution < 1.29 is 39.5 Å². The number of amides is 3. The molecule has 196 valence electrons. The lowest BCUT2D eigenvalue weighted by molar-refractivity contribution is -0.137. The molecule has 0 bridgehead atoms. The number of phenolic OH excluding ortho intramolecular Hbond substituents is 1. The summed E-state index contributed by atoms with van der Waals surface area (Å²) in [5, 5.41) is 41.6. The van der Waals surface area contributed by atoms with Gasteiger partial charge in [0, 0.05) is 16.0 Å². The lowest BCUT2D eigenvalue weighted by Gasteiger charge is -2.36. The number of hydrogen-bond acceptors (Lipinski definition) is 8. The minimum absolute atomic E-state index is 0.00565. The Balaban J connectivity index is 1.87. The number of imide groups is 3. The molecule has 4 atom stereocenters. The van der Waals surface area contributed by atoms with E-state index < -0.39 is 55.0 Å². The van der Waals surface area contributed by atoms with Crippen LogP contribution in [0, 0.1) is 17.8 Å². The van der Waals surface area contributed by atoms with Crippen molar-refractivity contribution in [1.29, 1.82) is 0 Å². The van der Waals surface area contributed by atoms with Crippen LogP contribution in [0.1, 0.15) is 44.6 Å². The number of carbonyl (C=O) groups excluding carboxylic acids is 3.